The van der Waals surface area contributed by atoms with E-state index in [1.165, 1.54) is 0 Å². The first-order valence-electron chi connectivity index (χ1n) is 2.97. The average molecular weight is 230 g/mol. The maximum Gasteiger partial charge on any atom is 0.205 e. The third kappa shape index (κ3) is 1.21. The molecule has 0 radical (unpaired) electrons. The molecule has 56 valence electrons. The number of halogens is 1. The van der Waals surface area contributed by atoms with Crippen molar-refractivity contribution in [2.45, 2.75) is 0 Å². The van der Waals surface area contributed by atoms with Gasteiger partial charge in [0.05, 0.1) is 0 Å². The first-order valence-corrected chi connectivity index (χ1v) is 4.64. The SMILES string of the molecule is Brc1nncn1-c1cccs1. The number of rotatable bonds is 1. The quantitative estimate of drug-likeness (QED) is 0.750. The lowest BCUT2D eigenvalue weighted by Gasteiger charge is -1.94. The van der Waals surface area contributed by atoms with Crippen LogP contribution < -0.4 is 0 Å². The second-order valence-electron chi connectivity index (χ2n) is 1.92. The van der Waals surface area contributed by atoms with Crippen LogP contribution in [0.25, 0.3) is 5.00 Å². The minimum absolute atomic E-state index is 0.736. The fourth-order valence-electron chi connectivity index (χ4n) is 0.776. The number of aromatic nitrogens is 3. The smallest absolute Gasteiger partial charge is 0.205 e. The lowest BCUT2D eigenvalue weighted by atomic mass is 10.6. The Hall–Kier alpha value is -0.680. The largest absolute Gasteiger partial charge is 0.267 e. The Morgan fingerprint density at radius 3 is 3.00 bits per heavy atom. The molecule has 2 aromatic rings. The van der Waals surface area contributed by atoms with Gasteiger partial charge in [0.1, 0.15) is 11.3 Å². The van der Waals surface area contributed by atoms with Crippen LogP contribution in [0.5, 0.6) is 0 Å². The molecule has 0 bridgehead atoms. The molecule has 0 aliphatic carbocycles. The third-order valence-electron chi connectivity index (χ3n) is 1.25. The molecule has 0 unspecified atom stereocenters. The second kappa shape index (κ2) is 2.75. The molecule has 0 saturated carbocycles. The van der Waals surface area contributed by atoms with Crippen LogP contribution in [0, 0.1) is 0 Å². The summed E-state index contributed by atoms with van der Waals surface area (Å²) < 4.78 is 2.62. The summed E-state index contributed by atoms with van der Waals surface area (Å²) in [6, 6.07) is 4.01. The van der Waals surface area contributed by atoms with E-state index in [1.54, 1.807) is 17.7 Å². The van der Waals surface area contributed by atoms with E-state index in [1.807, 2.05) is 22.1 Å². The highest BCUT2D eigenvalue weighted by molar-refractivity contribution is 9.10. The van der Waals surface area contributed by atoms with Crippen LogP contribution in [0.3, 0.4) is 0 Å². The van der Waals surface area contributed by atoms with Crippen LogP contribution in [0.15, 0.2) is 28.6 Å². The maximum absolute atomic E-state index is 3.81. The van der Waals surface area contributed by atoms with Gasteiger partial charge < -0.3 is 0 Å². The molecule has 0 aromatic carbocycles. The second-order valence-corrected chi connectivity index (χ2v) is 3.56. The molecule has 2 heterocycles. The molecule has 0 atom stereocenters. The average Bonchev–Trinajstić information content (AvgIpc) is 2.55. The highest BCUT2D eigenvalue weighted by Crippen LogP contribution is 2.18. The molecule has 0 saturated heterocycles. The van der Waals surface area contributed by atoms with Crippen LogP contribution in [-0.4, -0.2) is 14.8 Å². The zero-order valence-corrected chi connectivity index (χ0v) is 7.84. The van der Waals surface area contributed by atoms with E-state index in [0.29, 0.717) is 0 Å². The molecule has 0 N–H and O–H groups in total. The topological polar surface area (TPSA) is 30.7 Å². The normalized spacial score (nSPS) is 10.3. The van der Waals surface area contributed by atoms with Gasteiger partial charge in [-0.1, -0.05) is 0 Å². The van der Waals surface area contributed by atoms with Gasteiger partial charge >= 0.3 is 0 Å². The molecule has 0 amide bonds. The summed E-state index contributed by atoms with van der Waals surface area (Å²) in [5.41, 5.74) is 0. The maximum atomic E-state index is 3.81. The highest BCUT2D eigenvalue weighted by atomic mass is 79.9. The molecule has 0 aliphatic heterocycles. The van der Waals surface area contributed by atoms with Crippen LogP contribution in [0.4, 0.5) is 0 Å². The van der Waals surface area contributed by atoms with Gasteiger partial charge in [-0.25, -0.2) is 0 Å². The van der Waals surface area contributed by atoms with Crippen LogP contribution >= 0.6 is 27.3 Å². The minimum atomic E-state index is 0.736. The van der Waals surface area contributed by atoms with Crippen molar-refractivity contribution in [2.24, 2.45) is 0 Å². The van der Waals surface area contributed by atoms with E-state index in [-0.39, 0.29) is 0 Å². The summed E-state index contributed by atoms with van der Waals surface area (Å²) in [5.74, 6) is 0. The molecular formula is C6H4BrN3S. The summed E-state index contributed by atoms with van der Waals surface area (Å²) >= 11 is 4.93. The molecule has 2 aromatic heterocycles. The molecular weight excluding hydrogens is 226 g/mol. The highest BCUT2D eigenvalue weighted by Gasteiger charge is 2.01. The summed E-state index contributed by atoms with van der Waals surface area (Å²) in [4.78, 5) is 0. The van der Waals surface area contributed by atoms with Gasteiger partial charge in [0, 0.05) is 0 Å². The molecule has 0 spiro atoms. The van der Waals surface area contributed by atoms with Gasteiger partial charge in [-0.2, -0.15) is 0 Å². The lowest BCUT2D eigenvalue weighted by molar-refractivity contribution is 1.03. The predicted molar refractivity (Wildman–Crippen MR) is 46.9 cm³/mol. The standard InChI is InChI=1S/C6H4BrN3S/c7-6-9-8-4-10(6)5-2-1-3-11-5/h1-4H. The summed E-state index contributed by atoms with van der Waals surface area (Å²) in [7, 11) is 0. The van der Waals surface area contributed by atoms with E-state index in [9.17, 15) is 0 Å². The van der Waals surface area contributed by atoms with Crippen LogP contribution in [0.2, 0.25) is 0 Å². The van der Waals surface area contributed by atoms with Gasteiger partial charge in [-0.05, 0) is 33.4 Å². The fourth-order valence-corrected chi connectivity index (χ4v) is 1.97. The van der Waals surface area contributed by atoms with Crippen LogP contribution in [-0.2, 0) is 0 Å². The number of hydrogen-bond acceptors (Lipinski definition) is 3. The molecule has 3 nitrogen and oxygen atoms in total. The predicted octanol–water partition coefficient (Wildman–Crippen LogP) is 2.09. The Bertz CT molecular complexity index is 340. The van der Waals surface area contributed by atoms with Crippen molar-refractivity contribution < 1.29 is 0 Å². The van der Waals surface area contributed by atoms with Gasteiger partial charge in [0.2, 0.25) is 4.73 Å². The Labute approximate surface area is 75.8 Å². The van der Waals surface area contributed by atoms with Gasteiger partial charge in [-0.3, -0.25) is 4.57 Å². The number of thiophene rings is 1. The van der Waals surface area contributed by atoms with Crippen molar-refractivity contribution in [2.75, 3.05) is 0 Å². The van der Waals surface area contributed by atoms with Crippen molar-refractivity contribution in [3.05, 3.63) is 28.6 Å². The van der Waals surface area contributed by atoms with Gasteiger partial charge in [0.15, 0.2) is 0 Å². The summed E-state index contributed by atoms with van der Waals surface area (Å²) in [5, 5.41) is 10.7. The van der Waals surface area contributed by atoms with E-state index < -0.39 is 0 Å². The van der Waals surface area contributed by atoms with Crippen molar-refractivity contribution in [3.8, 4) is 5.00 Å². The summed E-state index contributed by atoms with van der Waals surface area (Å²) in [6.07, 6.45) is 1.68. The molecule has 11 heavy (non-hydrogen) atoms. The van der Waals surface area contributed by atoms with E-state index >= 15 is 0 Å². The summed E-state index contributed by atoms with van der Waals surface area (Å²) in [6.45, 7) is 0. The Balaban J connectivity index is 2.53. The fraction of sp³-hybridized carbons (Fsp3) is 0. The van der Waals surface area contributed by atoms with Crippen molar-refractivity contribution in [3.63, 3.8) is 0 Å². The van der Waals surface area contributed by atoms with Gasteiger partial charge in [-0.15, -0.1) is 21.5 Å². The van der Waals surface area contributed by atoms with E-state index in [4.69, 9.17) is 0 Å². The van der Waals surface area contributed by atoms with Crippen molar-refractivity contribution in [1.29, 1.82) is 0 Å². The molecule has 2 rings (SSSR count). The van der Waals surface area contributed by atoms with Crippen molar-refractivity contribution >= 4 is 27.3 Å². The number of hydrogen-bond donors (Lipinski definition) is 0. The lowest BCUT2D eigenvalue weighted by Crippen LogP contribution is -1.87. The Morgan fingerprint density at radius 2 is 2.45 bits per heavy atom. The van der Waals surface area contributed by atoms with E-state index in [2.05, 4.69) is 26.1 Å². The zero-order valence-electron chi connectivity index (χ0n) is 5.44. The van der Waals surface area contributed by atoms with Crippen molar-refractivity contribution in [1.82, 2.24) is 14.8 Å². The Morgan fingerprint density at radius 1 is 1.55 bits per heavy atom. The minimum Gasteiger partial charge on any atom is -0.267 e. The van der Waals surface area contributed by atoms with Crippen LogP contribution in [0.1, 0.15) is 0 Å². The molecule has 5 heteroatoms. The molecule has 0 aliphatic rings. The van der Waals surface area contributed by atoms with Gasteiger partial charge in [0.25, 0.3) is 0 Å². The molecule has 0 fully saturated rings. The first-order chi connectivity index (χ1) is 5.38. The zero-order chi connectivity index (χ0) is 7.68. The van der Waals surface area contributed by atoms with E-state index in [0.717, 1.165) is 9.73 Å². The number of nitrogens with zero attached hydrogens (tertiary/aromatic N) is 3. The third-order valence-corrected chi connectivity index (χ3v) is 2.66. The Kier molecular flexibility index (Phi) is 1.75. The first kappa shape index (κ1) is 7.00. The monoisotopic (exact) mass is 229 g/mol.